The molecule has 8 nitrogen and oxygen atoms in total. The third-order valence-corrected chi connectivity index (χ3v) is 3.93. The normalized spacial score (nSPS) is 11.0. The minimum absolute atomic E-state index is 0.0570. The van der Waals surface area contributed by atoms with E-state index < -0.39 is 10.0 Å². The van der Waals surface area contributed by atoms with Crippen LogP contribution in [0.25, 0.3) is 0 Å². The van der Waals surface area contributed by atoms with Crippen molar-refractivity contribution in [3.05, 3.63) is 30.6 Å². The molecule has 0 aliphatic rings. The van der Waals surface area contributed by atoms with Crippen LogP contribution in [0.15, 0.2) is 35.5 Å². The van der Waals surface area contributed by atoms with Gasteiger partial charge in [0.05, 0.1) is 14.2 Å². The lowest BCUT2D eigenvalue weighted by atomic mass is 10.3. The Balaban J connectivity index is 2.54. The van der Waals surface area contributed by atoms with E-state index in [1.807, 2.05) is 0 Å². The van der Waals surface area contributed by atoms with Gasteiger partial charge in [-0.1, -0.05) is 0 Å². The number of ether oxygens (including phenoxy) is 2. The number of nitrogen functional groups attached to an aromatic ring is 1. The molecule has 3 N–H and O–H groups in total. The molecule has 0 spiro atoms. The smallest absolute Gasteiger partial charge is 0.271 e. The van der Waals surface area contributed by atoms with Crippen LogP contribution in [0.4, 0.5) is 11.6 Å². The zero-order valence-corrected chi connectivity index (χ0v) is 12.2. The third kappa shape index (κ3) is 3.14. The molecule has 0 radical (unpaired) electrons. The van der Waals surface area contributed by atoms with Gasteiger partial charge < -0.3 is 15.2 Å². The number of hydrogen-bond donors (Lipinski definition) is 2. The number of nitrogens with two attached hydrogens (primary N) is 1. The average Bonchev–Trinajstić information content (AvgIpc) is 2.46. The molecular formula is C12H14N4O4S. The number of nitrogens with zero attached hydrogens (tertiary/aromatic N) is 2. The van der Waals surface area contributed by atoms with E-state index in [0.717, 1.165) is 0 Å². The standard InChI is InChI=1S/C12H14N4O4S/c1-19-9-6-8(13)7-10(20-2)11(9)21(17,18)16-12-14-4-3-5-15-12/h3-7H,13H2,1-2H3,(H,14,15,16). The number of hydrogen-bond acceptors (Lipinski definition) is 7. The molecule has 1 heterocycles. The fraction of sp³-hybridized carbons (Fsp3) is 0.167. The van der Waals surface area contributed by atoms with Gasteiger partial charge in [0, 0.05) is 30.2 Å². The fourth-order valence-corrected chi connectivity index (χ4v) is 2.95. The Morgan fingerprint density at radius 2 is 1.62 bits per heavy atom. The van der Waals surface area contributed by atoms with Crippen molar-refractivity contribution in [2.45, 2.75) is 4.90 Å². The van der Waals surface area contributed by atoms with Crippen LogP contribution in [-0.2, 0) is 10.0 Å². The molecule has 0 aliphatic carbocycles. The van der Waals surface area contributed by atoms with Crippen LogP contribution >= 0.6 is 0 Å². The van der Waals surface area contributed by atoms with Crippen LogP contribution in [0.1, 0.15) is 0 Å². The van der Waals surface area contributed by atoms with E-state index in [1.54, 1.807) is 6.07 Å². The van der Waals surface area contributed by atoms with Crippen LogP contribution in [-0.4, -0.2) is 32.6 Å². The highest BCUT2D eigenvalue weighted by Crippen LogP contribution is 2.36. The first-order valence-electron chi connectivity index (χ1n) is 5.79. The maximum atomic E-state index is 12.5. The van der Waals surface area contributed by atoms with Crippen LogP contribution in [0, 0.1) is 0 Å². The molecule has 1 aromatic carbocycles. The molecule has 0 saturated carbocycles. The predicted molar refractivity (Wildman–Crippen MR) is 76.8 cm³/mol. The van der Waals surface area contributed by atoms with E-state index >= 15 is 0 Å². The van der Waals surface area contributed by atoms with Crippen molar-refractivity contribution >= 4 is 21.7 Å². The van der Waals surface area contributed by atoms with Gasteiger partial charge in [-0.25, -0.2) is 23.1 Å². The van der Waals surface area contributed by atoms with Gasteiger partial charge in [0.2, 0.25) is 5.95 Å². The summed E-state index contributed by atoms with van der Waals surface area (Å²) < 4.78 is 37.4. The zero-order chi connectivity index (χ0) is 15.5. The minimum Gasteiger partial charge on any atom is -0.495 e. The molecule has 0 aliphatic heterocycles. The van der Waals surface area contributed by atoms with Crippen LogP contribution in [0.5, 0.6) is 11.5 Å². The van der Waals surface area contributed by atoms with E-state index in [2.05, 4.69) is 14.7 Å². The summed E-state index contributed by atoms with van der Waals surface area (Å²) in [4.78, 5) is 7.45. The maximum absolute atomic E-state index is 12.5. The molecule has 0 unspecified atom stereocenters. The van der Waals surface area contributed by atoms with Crippen molar-refractivity contribution < 1.29 is 17.9 Å². The Hall–Kier alpha value is -2.55. The fourth-order valence-electron chi connectivity index (χ4n) is 1.69. The van der Waals surface area contributed by atoms with Gasteiger partial charge in [-0.2, -0.15) is 0 Å². The number of rotatable bonds is 5. The first kappa shape index (κ1) is 14.9. The molecule has 21 heavy (non-hydrogen) atoms. The molecule has 0 atom stereocenters. The molecular weight excluding hydrogens is 296 g/mol. The minimum atomic E-state index is -4.00. The predicted octanol–water partition coefficient (Wildman–Crippen LogP) is 0.877. The van der Waals surface area contributed by atoms with Gasteiger partial charge in [0.15, 0.2) is 4.90 Å². The Morgan fingerprint density at radius 3 is 2.10 bits per heavy atom. The Kier molecular flexibility index (Phi) is 4.13. The third-order valence-electron chi connectivity index (χ3n) is 2.54. The highest BCUT2D eigenvalue weighted by molar-refractivity contribution is 7.93. The van der Waals surface area contributed by atoms with E-state index in [0.29, 0.717) is 5.69 Å². The number of methoxy groups -OCH3 is 2. The van der Waals surface area contributed by atoms with Gasteiger partial charge in [0.1, 0.15) is 11.5 Å². The number of aromatic nitrogens is 2. The summed E-state index contributed by atoms with van der Waals surface area (Å²) in [5.41, 5.74) is 5.99. The summed E-state index contributed by atoms with van der Waals surface area (Å²) in [5.74, 6) is 0.0731. The molecule has 112 valence electrons. The van der Waals surface area contributed by atoms with Crippen molar-refractivity contribution in [3.8, 4) is 11.5 Å². The Bertz CT molecular complexity index is 709. The topological polar surface area (TPSA) is 116 Å². The summed E-state index contributed by atoms with van der Waals surface area (Å²) in [6.45, 7) is 0. The maximum Gasteiger partial charge on any atom is 0.271 e. The zero-order valence-electron chi connectivity index (χ0n) is 11.4. The largest absolute Gasteiger partial charge is 0.495 e. The van der Waals surface area contributed by atoms with Gasteiger partial charge in [-0.15, -0.1) is 0 Å². The van der Waals surface area contributed by atoms with Crippen molar-refractivity contribution in [3.63, 3.8) is 0 Å². The van der Waals surface area contributed by atoms with Gasteiger partial charge in [-0.05, 0) is 6.07 Å². The van der Waals surface area contributed by atoms with Crippen molar-refractivity contribution in [1.82, 2.24) is 9.97 Å². The van der Waals surface area contributed by atoms with Gasteiger partial charge >= 0.3 is 0 Å². The van der Waals surface area contributed by atoms with Crippen LogP contribution < -0.4 is 19.9 Å². The molecule has 0 amide bonds. The Labute approximate surface area is 122 Å². The number of sulfonamides is 1. The quantitative estimate of drug-likeness (QED) is 0.787. The Morgan fingerprint density at radius 1 is 1.10 bits per heavy atom. The molecule has 9 heteroatoms. The van der Waals surface area contributed by atoms with Crippen molar-refractivity contribution in [1.29, 1.82) is 0 Å². The summed E-state index contributed by atoms with van der Waals surface area (Å²) in [6.07, 6.45) is 2.84. The number of anilines is 2. The first-order chi connectivity index (χ1) is 9.97. The second kappa shape index (κ2) is 5.83. The summed E-state index contributed by atoms with van der Waals surface area (Å²) >= 11 is 0. The molecule has 1 aromatic heterocycles. The lowest BCUT2D eigenvalue weighted by Gasteiger charge is -2.14. The van der Waals surface area contributed by atoms with Crippen LogP contribution in [0.2, 0.25) is 0 Å². The number of nitrogens with one attached hydrogen (secondary N) is 1. The summed E-state index contributed by atoms with van der Waals surface area (Å²) in [6, 6.07) is 4.36. The van der Waals surface area contributed by atoms with Gasteiger partial charge in [0.25, 0.3) is 10.0 Å². The molecule has 0 saturated heterocycles. The van der Waals surface area contributed by atoms with E-state index in [4.69, 9.17) is 15.2 Å². The molecule has 0 bridgehead atoms. The monoisotopic (exact) mass is 310 g/mol. The van der Waals surface area contributed by atoms with Crippen molar-refractivity contribution in [2.24, 2.45) is 0 Å². The molecule has 2 aromatic rings. The lowest BCUT2D eigenvalue weighted by Crippen LogP contribution is -2.17. The van der Waals surface area contributed by atoms with Crippen molar-refractivity contribution in [2.75, 3.05) is 24.7 Å². The number of benzene rings is 1. The van der Waals surface area contributed by atoms with E-state index in [9.17, 15) is 8.42 Å². The summed E-state index contributed by atoms with van der Waals surface area (Å²) in [5, 5.41) is 0. The SMILES string of the molecule is COc1cc(N)cc(OC)c1S(=O)(=O)Nc1ncccn1. The lowest BCUT2D eigenvalue weighted by molar-refractivity contribution is 0.374. The molecule has 2 rings (SSSR count). The van der Waals surface area contributed by atoms with E-state index in [-0.39, 0.29) is 22.3 Å². The highest BCUT2D eigenvalue weighted by atomic mass is 32.2. The first-order valence-corrected chi connectivity index (χ1v) is 7.27. The highest BCUT2D eigenvalue weighted by Gasteiger charge is 2.26. The summed E-state index contributed by atoms with van der Waals surface area (Å²) in [7, 11) is -1.32. The van der Waals surface area contributed by atoms with E-state index in [1.165, 1.54) is 38.7 Å². The van der Waals surface area contributed by atoms with Crippen LogP contribution in [0.3, 0.4) is 0 Å². The second-order valence-corrected chi connectivity index (χ2v) is 5.55. The molecule has 0 fully saturated rings. The van der Waals surface area contributed by atoms with Gasteiger partial charge in [-0.3, -0.25) is 0 Å². The second-order valence-electron chi connectivity index (χ2n) is 3.93. The average molecular weight is 310 g/mol.